The molecule has 0 spiro atoms. The van der Waals surface area contributed by atoms with Gasteiger partial charge in [-0.05, 0) is 135 Å². The fourth-order valence-electron chi connectivity index (χ4n) is 10.9. The Bertz CT molecular complexity index is 3220. The molecule has 0 unspecified atom stereocenters. The molecule has 10 rings (SSSR count). The lowest BCUT2D eigenvalue weighted by Gasteiger charge is -2.34. The Morgan fingerprint density at radius 2 is 1.44 bits per heavy atom. The van der Waals surface area contributed by atoms with Crippen LogP contribution >= 0.6 is 21.6 Å². The number of benzene rings is 5. The molecule has 418 valence electrons. The van der Waals surface area contributed by atoms with E-state index in [1.165, 1.54) is 5.56 Å². The van der Waals surface area contributed by atoms with Gasteiger partial charge in [-0.3, -0.25) is 39.3 Å². The van der Waals surface area contributed by atoms with Crippen molar-refractivity contribution >= 4 is 80.1 Å². The third-order valence-corrected chi connectivity index (χ3v) is 18.1. The number of rotatable bonds is 25. The highest BCUT2D eigenvalue weighted by Crippen LogP contribution is 2.43. The molecule has 16 nitrogen and oxygen atoms in total. The van der Waals surface area contributed by atoms with Gasteiger partial charge < -0.3 is 33.5 Å². The van der Waals surface area contributed by atoms with Gasteiger partial charge >= 0.3 is 0 Å². The summed E-state index contributed by atoms with van der Waals surface area (Å²) in [6.45, 7) is 12.1. The standard InChI is InChI=1S/C62H68N6O10S2/c1-6-22-75-24-25-76-23-21-65(39-62(3,4)80-79-26-11-16-57(69)64-68-58(70)19-20-59(68)71)47-29-41(37-77-54-33-43-17-18-46-31-44-12-7-9-14-52(44)66(46)60(72)49(43)27-40(54)2)28-42(30-47)38-78-56-35-51-50(34-55(56)74-5)61(73)67-48(36-63-51)32-45-13-8-10-15-53(45)67/h7-10,12-15,19-20,27-30,33-36,46,48H,6,11,16-18,21-26,31-32,37-39H2,1-5H3,(H,64,69)/t46-,48+/m1/s1. The van der Waals surface area contributed by atoms with Crippen LogP contribution in [0.2, 0.25) is 0 Å². The number of imide groups is 1. The van der Waals surface area contributed by atoms with Gasteiger partial charge in [-0.25, -0.2) is 0 Å². The number of methoxy groups -OCH3 is 1. The highest BCUT2D eigenvalue weighted by Gasteiger charge is 2.39. The first-order valence-electron chi connectivity index (χ1n) is 27.4. The molecule has 5 heterocycles. The predicted molar refractivity (Wildman–Crippen MR) is 314 cm³/mol. The van der Waals surface area contributed by atoms with E-state index in [9.17, 15) is 24.0 Å². The van der Waals surface area contributed by atoms with Crippen LogP contribution in [0.1, 0.15) is 101 Å². The molecule has 5 aromatic carbocycles. The number of nitrogens with zero attached hydrogens (tertiary/aromatic N) is 5. The molecule has 0 bridgehead atoms. The number of fused-ring (bicyclic) bond motifs is 8. The van der Waals surface area contributed by atoms with E-state index in [0.717, 1.165) is 87.7 Å². The SMILES string of the molecule is CCCOCCOCCN(CC(C)(C)SSCCCC(=O)NN1C(=O)C=CC1=O)c1cc(COc2cc3c(cc2C)C(=O)N2c4ccccc4C[C@H]2CC3)cc(COc2cc3c(cc2OC)C(=O)N2c4ccccc4C[C@H]2C=N3)c1. The number of para-hydroxylation sites is 2. The van der Waals surface area contributed by atoms with Crippen LogP contribution < -0.4 is 34.3 Å². The zero-order chi connectivity index (χ0) is 55.9. The summed E-state index contributed by atoms with van der Waals surface area (Å²) in [5, 5.41) is 0.731. The highest BCUT2D eigenvalue weighted by atomic mass is 33.1. The summed E-state index contributed by atoms with van der Waals surface area (Å²) >= 11 is 0. The molecule has 5 aliphatic heterocycles. The number of amides is 5. The van der Waals surface area contributed by atoms with E-state index >= 15 is 0 Å². The van der Waals surface area contributed by atoms with E-state index in [-0.39, 0.29) is 48.3 Å². The lowest BCUT2D eigenvalue weighted by atomic mass is 9.98. The average Bonchev–Trinajstić information content (AvgIpc) is 4.21. The van der Waals surface area contributed by atoms with Gasteiger partial charge in [0.15, 0.2) is 11.5 Å². The Labute approximate surface area is 475 Å². The maximum absolute atomic E-state index is 14.3. The highest BCUT2D eigenvalue weighted by molar-refractivity contribution is 8.77. The van der Waals surface area contributed by atoms with Gasteiger partial charge in [-0.2, -0.15) is 5.01 Å². The number of ether oxygens (including phenoxy) is 5. The number of aliphatic imine (C=N–C) groups is 1. The smallest absolute Gasteiger partial charge is 0.272 e. The van der Waals surface area contributed by atoms with Gasteiger partial charge in [0.05, 0.1) is 44.2 Å². The Balaban J connectivity index is 0.900. The predicted octanol–water partition coefficient (Wildman–Crippen LogP) is 10.1. The van der Waals surface area contributed by atoms with Crippen molar-refractivity contribution < 1.29 is 47.7 Å². The van der Waals surface area contributed by atoms with Crippen molar-refractivity contribution in [3.05, 3.63) is 148 Å². The Kier molecular flexibility index (Phi) is 17.6. The summed E-state index contributed by atoms with van der Waals surface area (Å²) < 4.78 is 30.9. The molecular weight excluding hydrogens is 1050 g/mol. The number of nitrogens with one attached hydrogen (secondary N) is 1. The maximum atomic E-state index is 14.3. The van der Waals surface area contributed by atoms with Crippen molar-refractivity contribution in [2.75, 3.05) is 67.1 Å². The summed E-state index contributed by atoms with van der Waals surface area (Å²) in [6, 6.07) is 30.0. The number of hydrogen-bond acceptors (Lipinski definition) is 14. The number of hydrazine groups is 1. The summed E-state index contributed by atoms with van der Waals surface area (Å²) in [4.78, 5) is 76.0. The fourth-order valence-corrected chi connectivity index (χ4v) is 13.5. The van der Waals surface area contributed by atoms with Crippen LogP contribution in [0.4, 0.5) is 22.7 Å². The Morgan fingerprint density at radius 3 is 2.16 bits per heavy atom. The minimum absolute atomic E-state index is 0.0304. The lowest BCUT2D eigenvalue weighted by molar-refractivity contribution is -0.146. The molecule has 80 heavy (non-hydrogen) atoms. The second-order valence-electron chi connectivity index (χ2n) is 21.2. The second kappa shape index (κ2) is 25.1. The van der Waals surface area contributed by atoms with E-state index in [1.807, 2.05) is 65.4 Å². The summed E-state index contributed by atoms with van der Waals surface area (Å²) in [7, 11) is 4.95. The van der Waals surface area contributed by atoms with Crippen molar-refractivity contribution in [3.8, 4) is 17.2 Å². The van der Waals surface area contributed by atoms with E-state index in [1.54, 1.807) is 40.8 Å². The van der Waals surface area contributed by atoms with Gasteiger partial charge in [-0.15, -0.1) is 0 Å². The van der Waals surface area contributed by atoms with Crippen LogP contribution in [0.25, 0.3) is 0 Å². The molecular formula is C62H68N6O10S2. The molecule has 18 heteroatoms. The quantitative estimate of drug-likeness (QED) is 0.0333. The molecule has 0 aliphatic carbocycles. The van der Waals surface area contributed by atoms with E-state index in [4.69, 9.17) is 28.7 Å². The molecule has 0 saturated heterocycles. The number of anilines is 3. The van der Waals surface area contributed by atoms with Crippen molar-refractivity contribution in [3.63, 3.8) is 0 Å². The summed E-state index contributed by atoms with van der Waals surface area (Å²) in [5.41, 5.74) is 12.8. The van der Waals surface area contributed by atoms with Crippen molar-refractivity contribution in [2.24, 2.45) is 4.99 Å². The van der Waals surface area contributed by atoms with Crippen LogP contribution in [0.5, 0.6) is 17.2 Å². The zero-order valence-electron chi connectivity index (χ0n) is 46.0. The molecule has 0 radical (unpaired) electrons. The van der Waals surface area contributed by atoms with Crippen LogP contribution in [0, 0.1) is 6.92 Å². The molecule has 5 aliphatic rings. The first kappa shape index (κ1) is 56.2. The molecule has 0 saturated carbocycles. The minimum Gasteiger partial charge on any atom is -0.493 e. The summed E-state index contributed by atoms with van der Waals surface area (Å²) in [5.74, 6) is 0.589. The molecule has 1 N–H and O–H groups in total. The Hall–Kier alpha value is -7.12. The number of hydrogen-bond donors (Lipinski definition) is 1. The Morgan fingerprint density at radius 1 is 0.762 bits per heavy atom. The first-order chi connectivity index (χ1) is 38.8. The zero-order valence-corrected chi connectivity index (χ0v) is 47.6. The van der Waals surface area contributed by atoms with E-state index < -0.39 is 17.7 Å². The third kappa shape index (κ3) is 12.7. The largest absolute Gasteiger partial charge is 0.493 e. The van der Waals surface area contributed by atoms with E-state index in [2.05, 4.69) is 67.5 Å². The topological polar surface area (TPSA) is 169 Å². The number of carbonyl (C=O) groups is 5. The molecule has 0 aromatic heterocycles. The average molecular weight is 1120 g/mol. The van der Waals surface area contributed by atoms with Crippen molar-refractivity contribution in [2.45, 2.75) is 103 Å². The molecule has 5 aromatic rings. The monoisotopic (exact) mass is 1120 g/mol. The first-order valence-corrected chi connectivity index (χ1v) is 29.8. The van der Waals surface area contributed by atoms with Gasteiger partial charge in [0.2, 0.25) is 5.91 Å². The summed E-state index contributed by atoms with van der Waals surface area (Å²) in [6.07, 6.45) is 8.88. The molecule has 0 fully saturated rings. The van der Waals surface area contributed by atoms with Crippen molar-refractivity contribution in [1.29, 1.82) is 0 Å². The molecule has 5 amide bonds. The van der Waals surface area contributed by atoms with Crippen LogP contribution in [0.15, 0.2) is 108 Å². The number of carbonyl (C=O) groups excluding carboxylic acids is 5. The third-order valence-electron chi connectivity index (χ3n) is 14.7. The minimum atomic E-state index is -0.565. The van der Waals surface area contributed by atoms with Crippen molar-refractivity contribution in [1.82, 2.24) is 10.4 Å². The fraction of sp³-hybridized carbons (Fsp3) is 0.387. The maximum Gasteiger partial charge on any atom is 0.272 e. The molecule has 2 atom stereocenters. The van der Waals surface area contributed by atoms with Gasteiger partial charge in [0.25, 0.3) is 23.6 Å². The van der Waals surface area contributed by atoms with Crippen LogP contribution in [0.3, 0.4) is 0 Å². The second-order valence-corrected chi connectivity index (χ2v) is 24.4. The van der Waals surface area contributed by atoms with Gasteiger partial charge in [0, 0.05) is 96.1 Å². The van der Waals surface area contributed by atoms with Gasteiger partial charge in [-0.1, -0.05) is 64.9 Å². The van der Waals surface area contributed by atoms with Gasteiger partial charge in [0.1, 0.15) is 19.0 Å². The van der Waals surface area contributed by atoms with E-state index in [0.29, 0.717) is 92.2 Å². The number of aryl methyl sites for hydroxylation is 2. The van der Waals surface area contributed by atoms with Crippen LogP contribution in [-0.2, 0) is 56.3 Å². The normalized spacial score (nSPS) is 16.9. The lowest BCUT2D eigenvalue weighted by Crippen LogP contribution is -2.45. The van der Waals surface area contributed by atoms with Crippen LogP contribution in [-0.4, -0.2) is 110 Å².